The Hall–Kier alpha value is -1.92. The fraction of sp³-hybridized carbons (Fsp3) is 0.579. The van der Waals surface area contributed by atoms with Crippen LogP contribution in [0.1, 0.15) is 44.1 Å². The Kier molecular flexibility index (Phi) is 10.5. The Bertz CT molecular complexity index is 505. The lowest BCUT2D eigenvalue weighted by Crippen LogP contribution is -2.33. The molecule has 0 aliphatic rings. The van der Waals surface area contributed by atoms with Crippen molar-refractivity contribution in [1.82, 2.24) is 9.96 Å². The summed E-state index contributed by atoms with van der Waals surface area (Å²) < 4.78 is 0. The summed E-state index contributed by atoms with van der Waals surface area (Å²) in [4.78, 5) is 30.8. The summed E-state index contributed by atoms with van der Waals surface area (Å²) in [5.74, 6) is -1.09. The van der Waals surface area contributed by atoms with E-state index in [-0.39, 0.29) is 25.5 Å². The van der Waals surface area contributed by atoms with Crippen LogP contribution in [0.3, 0.4) is 0 Å². The molecule has 6 heteroatoms. The molecule has 0 aliphatic heterocycles. The highest BCUT2D eigenvalue weighted by Gasteiger charge is 2.15. The maximum atomic E-state index is 12.3. The van der Waals surface area contributed by atoms with Crippen molar-refractivity contribution in [3.63, 3.8) is 0 Å². The number of carbonyl (C=O) groups excluding carboxylic acids is 1. The van der Waals surface area contributed by atoms with E-state index < -0.39 is 5.97 Å². The lowest BCUT2D eigenvalue weighted by atomic mass is 10.1. The number of unbranched alkanes of at least 4 members (excludes halogenated alkanes) is 3. The van der Waals surface area contributed by atoms with Gasteiger partial charge in [0, 0.05) is 6.42 Å². The number of benzene rings is 1. The Morgan fingerprint density at radius 3 is 2.28 bits per heavy atom. The molecule has 1 aromatic rings. The summed E-state index contributed by atoms with van der Waals surface area (Å²) in [6.07, 6.45) is 4.26. The first-order valence-electron chi connectivity index (χ1n) is 8.82. The van der Waals surface area contributed by atoms with Crippen LogP contribution < -0.4 is 0 Å². The van der Waals surface area contributed by atoms with Gasteiger partial charge in [0.2, 0.25) is 5.91 Å². The van der Waals surface area contributed by atoms with Crippen molar-refractivity contribution in [3.8, 4) is 0 Å². The first kappa shape index (κ1) is 21.1. The number of hydrogen-bond acceptors (Lipinski definition) is 4. The Morgan fingerprint density at radius 2 is 1.64 bits per heavy atom. The molecule has 0 saturated carbocycles. The predicted molar refractivity (Wildman–Crippen MR) is 96.8 cm³/mol. The van der Waals surface area contributed by atoms with E-state index in [0.29, 0.717) is 6.42 Å². The summed E-state index contributed by atoms with van der Waals surface area (Å²) in [5.41, 5.74) is 0.944. The molecule has 0 unspecified atom stereocenters. The summed E-state index contributed by atoms with van der Waals surface area (Å²) in [6, 6.07) is 9.52. The van der Waals surface area contributed by atoms with Crippen molar-refractivity contribution in [2.75, 3.05) is 27.2 Å². The molecule has 0 spiro atoms. The minimum atomic E-state index is -0.940. The van der Waals surface area contributed by atoms with Crippen molar-refractivity contribution >= 4 is 11.9 Å². The molecular formula is C19H30N2O4. The molecule has 1 N–H and O–H groups in total. The third kappa shape index (κ3) is 10.5. The van der Waals surface area contributed by atoms with Crippen LogP contribution in [0, 0.1) is 0 Å². The number of hydrogen-bond donors (Lipinski definition) is 1. The molecule has 140 valence electrons. The number of amides is 1. The second-order valence-electron chi connectivity index (χ2n) is 6.37. The van der Waals surface area contributed by atoms with E-state index in [1.807, 2.05) is 44.4 Å². The molecule has 1 amide bonds. The van der Waals surface area contributed by atoms with Gasteiger partial charge in [-0.25, -0.2) is 5.06 Å². The molecule has 0 heterocycles. The van der Waals surface area contributed by atoms with E-state index in [1.54, 1.807) is 0 Å². The van der Waals surface area contributed by atoms with Crippen molar-refractivity contribution in [3.05, 3.63) is 35.9 Å². The number of rotatable bonds is 13. The molecule has 1 aromatic carbocycles. The highest BCUT2D eigenvalue weighted by Crippen LogP contribution is 2.09. The first-order valence-corrected chi connectivity index (χ1v) is 8.82. The number of carboxylic acids is 1. The first-order chi connectivity index (χ1) is 12.0. The molecule has 0 radical (unpaired) electrons. The minimum absolute atomic E-state index is 0.0711. The topological polar surface area (TPSA) is 70.1 Å². The average molecular weight is 350 g/mol. The van der Waals surface area contributed by atoms with Gasteiger partial charge in [-0.2, -0.15) is 0 Å². The monoisotopic (exact) mass is 350 g/mol. The zero-order valence-electron chi connectivity index (χ0n) is 15.3. The molecule has 0 fully saturated rings. The minimum Gasteiger partial charge on any atom is -0.481 e. The van der Waals surface area contributed by atoms with Gasteiger partial charge in [-0.15, -0.1) is 0 Å². The molecule has 0 aliphatic carbocycles. The van der Waals surface area contributed by atoms with Crippen LogP contribution in [0.25, 0.3) is 0 Å². The van der Waals surface area contributed by atoms with E-state index in [0.717, 1.165) is 37.8 Å². The Balaban J connectivity index is 2.37. The molecule has 6 nitrogen and oxygen atoms in total. The fourth-order valence-electron chi connectivity index (χ4n) is 2.37. The quantitative estimate of drug-likeness (QED) is 0.437. The molecule has 0 atom stereocenters. The van der Waals surface area contributed by atoms with Crippen LogP contribution in [0.4, 0.5) is 0 Å². The van der Waals surface area contributed by atoms with E-state index in [2.05, 4.69) is 4.90 Å². The second kappa shape index (κ2) is 12.4. The van der Waals surface area contributed by atoms with Crippen molar-refractivity contribution in [2.24, 2.45) is 0 Å². The maximum absolute atomic E-state index is 12.3. The van der Waals surface area contributed by atoms with Crippen LogP contribution in [0.15, 0.2) is 30.3 Å². The average Bonchev–Trinajstić information content (AvgIpc) is 2.58. The highest BCUT2D eigenvalue weighted by molar-refractivity contribution is 5.76. The number of hydroxylamine groups is 2. The lowest BCUT2D eigenvalue weighted by molar-refractivity contribution is -0.193. The van der Waals surface area contributed by atoms with Gasteiger partial charge in [0.05, 0.1) is 13.0 Å². The summed E-state index contributed by atoms with van der Waals surface area (Å²) in [6.45, 7) is 1.38. The van der Waals surface area contributed by atoms with E-state index >= 15 is 0 Å². The summed E-state index contributed by atoms with van der Waals surface area (Å²) >= 11 is 0. The SMILES string of the molecule is CN(C)CCCCCCC(=O)N(CCC(=O)O)OCc1ccccc1. The molecule has 0 aromatic heterocycles. The zero-order valence-corrected chi connectivity index (χ0v) is 15.3. The molecule has 0 saturated heterocycles. The smallest absolute Gasteiger partial charge is 0.305 e. The predicted octanol–water partition coefficient (Wildman–Crippen LogP) is 2.93. The standard InChI is InChI=1S/C19H30N2O4/c1-20(2)14-9-4-3-8-12-18(22)21(15-13-19(23)24)25-16-17-10-6-5-7-11-17/h5-7,10-11H,3-4,8-9,12-16H2,1-2H3,(H,23,24). The van der Waals surface area contributed by atoms with Crippen molar-refractivity contribution in [2.45, 2.75) is 45.1 Å². The van der Waals surface area contributed by atoms with Gasteiger partial charge < -0.3 is 10.0 Å². The van der Waals surface area contributed by atoms with Crippen LogP contribution in [-0.2, 0) is 21.0 Å². The third-order valence-electron chi connectivity index (χ3n) is 3.78. The van der Waals surface area contributed by atoms with Crippen LogP contribution >= 0.6 is 0 Å². The molecule has 0 bridgehead atoms. The van der Waals surface area contributed by atoms with Gasteiger partial charge in [0.1, 0.15) is 6.61 Å². The highest BCUT2D eigenvalue weighted by atomic mass is 16.7. The number of carboxylic acid groups (broad SMARTS) is 1. The third-order valence-corrected chi connectivity index (χ3v) is 3.78. The normalized spacial score (nSPS) is 10.8. The van der Waals surface area contributed by atoms with Crippen molar-refractivity contribution in [1.29, 1.82) is 0 Å². The van der Waals surface area contributed by atoms with Gasteiger partial charge in [0.25, 0.3) is 0 Å². The van der Waals surface area contributed by atoms with Gasteiger partial charge >= 0.3 is 5.97 Å². The zero-order chi connectivity index (χ0) is 18.5. The molecule has 25 heavy (non-hydrogen) atoms. The summed E-state index contributed by atoms with van der Waals surface area (Å²) in [5, 5.41) is 10.1. The largest absolute Gasteiger partial charge is 0.481 e. The lowest BCUT2D eigenvalue weighted by Gasteiger charge is -2.21. The van der Waals surface area contributed by atoms with Gasteiger partial charge in [0.15, 0.2) is 0 Å². The Labute approximate surface area is 150 Å². The molecular weight excluding hydrogens is 320 g/mol. The maximum Gasteiger partial charge on any atom is 0.305 e. The fourth-order valence-corrected chi connectivity index (χ4v) is 2.37. The van der Waals surface area contributed by atoms with Crippen molar-refractivity contribution < 1.29 is 19.5 Å². The Morgan fingerprint density at radius 1 is 0.960 bits per heavy atom. The van der Waals surface area contributed by atoms with E-state index in [9.17, 15) is 9.59 Å². The number of carbonyl (C=O) groups is 2. The molecule has 1 rings (SSSR count). The van der Waals surface area contributed by atoms with Gasteiger partial charge in [-0.1, -0.05) is 43.2 Å². The number of aliphatic carboxylic acids is 1. The second-order valence-corrected chi connectivity index (χ2v) is 6.37. The van der Waals surface area contributed by atoms with Crippen LogP contribution in [-0.4, -0.2) is 54.1 Å². The van der Waals surface area contributed by atoms with E-state index in [1.165, 1.54) is 5.06 Å². The number of nitrogens with zero attached hydrogens (tertiary/aromatic N) is 2. The van der Waals surface area contributed by atoms with Gasteiger partial charge in [-0.3, -0.25) is 14.4 Å². The van der Waals surface area contributed by atoms with Gasteiger partial charge in [-0.05, 0) is 39.0 Å². The van der Waals surface area contributed by atoms with Crippen LogP contribution in [0.2, 0.25) is 0 Å². The van der Waals surface area contributed by atoms with Crippen LogP contribution in [0.5, 0.6) is 0 Å². The summed E-state index contributed by atoms with van der Waals surface area (Å²) in [7, 11) is 4.10. The van der Waals surface area contributed by atoms with E-state index in [4.69, 9.17) is 9.94 Å².